The first-order valence-electron chi connectivity index (χ1n) is 10.5. The molecule has 1 unspecified atom stereocenters. The molecule has 6 heteroatoms. The average Bonchev–Trinajstić information content (AvgIpc) is 3.28. The smallest absolute Gasteiger partial charge is 0.228 e. The minimum absolute atomic E-state index is 0.324. The number of benzene rings is 3. The summed E-state index contributed by atoms with van der Waals surface area (Å²) >= 11 is 0. The molecular weight excluding hydrogens is 388 g/mol. The van der Waals surface area contributed by atoms with Crippen molar-refractivity contribution in [1.82, 2.24) is 5.43 Å². The van der Waals surface area contributed by atoms with E-state index in [2.05, 4.69) is 73.7 Å². The fraction of sp³-hybridized carbons (Fsp3) is 0.240. The van der Waals surface area contributed by atoms with Crippen molar-refractivity contribution < 1.29 is 9.57 Å². The van der Waals surface area contributed by atoms with E-state index in [0.29, 0.717) is 5.75 Å². The van der Waals surface area contributed by atoms with Gasteiger partial charge in [0, 0.05) is 18.1 Å². The van der Waals surface area contributed by atoms with Gasteiger partial charge in [-0.15, -0.1) is 5.17 Å². The van der Waals surface area contributed by atoms with E-state index in [1.54, 1.807) is 5.17 Å². The molecule has 156 valence electrons. The zero-order valence-corrected chi connectivity index (χ0v) is 18.0. The molecule has 6 nitrogen and oxygen atoms in total. The Bertz CT molecular complexity index is 1300. The van der Waals surface area contributed by atoms with Crippen LogP contribution in [0.25, 0.3) is 10.8 Å². The van der Waals surface area contributed by atoms with Crippen molar-refractivity contribution in [2.45, 2.75) is 31.9 Å². The third-order valence-corrected chi connectivity index (χ3v) is 6.75. The maximum atomic E-state index is 6.97. The van der Waals surface area contributed by atoms with E-state index in [0.717, 1.165) is 33.6 Å². The van der Waals surface area contributed by atoms with Gasteiger partial charge in [-0.25, -0.2) is 0 Å². The minimum Gasteiger partial charge on any atom is -0.457 e. The quantitative estimate of drug-likeness (QED) is 0.597. The number of fused-ring (bicyclic) bond motifs is 4. The van der Waals surface area contributed by atoms with Crippen molar-refractivity contribution in [2.24, 2.45) is 4.99 Å². The van der Waals surface area contributed by atoms with E-state index in [4.69, 9.17) is 14.6 Å². The number of rotatable bonds is 1. The molecule has 3 aliphatic rings. The largest absolute Gasteiger partial charge is 0.457 e. The van der Waals surface area contributed by atoms with Gasteiger partial charge in [-0.3, -0.25) is 10.4 Å². The highest BCUT2D eigenvalue weighted by molar-refractivity contribution is 6.03. The van der Waals surface area contributed by atoms with Gasteiger partial charge in [-0.2, -0.15) is 0 Å². The molecule has 0 saturated carbocycles. The van der Waals surface area contributed by atoms with Crippen molar-refractivity contribution in [3.8, 4) is 5.75 Å². The number of hydrogen-bond donors (Lipinski definition) is 1. The van der Waals surface area contributed by atoms with Crippen molar-refractivity contribution in [3.05, 3.63) is 72.1 Å². The van der Waals surface area contributed by atoms with Crippen molar-refractivity contribution in [3.63, 3.8) is 0 Å². The van der Waals surface area contributed by atoms with E-state index in [-0.39, 0.29) is 5.41 Å². The molecule has 1 N–H and O–H groups in total. The van der Waals surface area contributed by atoms with Crippen molar-refractivity contribution in [1.29, 1.82) is 0 Å². The SMILES string of the molecule is CC1=CNN(c2cc3ccccc3c3c2OC2(C=N3)N(C)c3ccccc3C2(C)C)O1. The van der Waals surface area contributed by atoms with Crippen molar-refractivity contribution in [2.75, 3.05) is 17.1 Å². The summed E-state index contributed by atoms with van der Waals surface area (Å²) in [7, 11) is 2.07. The first-order chi connectivity index (χ1) is 14.9. The highest BCUT2D eigenvalue weighted by Gasteiger charge is 2.59. The second-order valence-electron chi connectivity index (χ2n) is 8.82. The molecule has 31 heavy (non-hydrogen) atoms. The lowest BCUT2D eigenvalue weighted by Gasteiger charge is -2.45. The van der Waals surface area contributed by atoms with Crippen LogP contribution in [0.15, 0.2) is 71.5 Å². The van der Waals surface area contributed by atoms with Gasteiger partial charge < -0.3 is 14.5 Å². The lowest BCUT2D eigenvalue weighted by Crippen LogP contribution is -2.61. The number of nitrogens with zero attached hydrogens (tertiary/aromatic N) is 3. The summed E-state index contributed by atoms with van der Waals surface area (Å²) in [5, 5.41) is 3.77. The van der Waals surface area contributed by atoms with Gasteiger partial charge in [0.15, 0.2) is 5.75 Å². The number of hydrogen-bond acceptors (Lipinski definition) is 6. The van der Waals surface area contributed by atoms with Crippen molar-refractivity contribution >= 4 is 34.0 Å². The number of anilines is 2. The first kappa shape index (κ1) is 18.1. The Morgan fingerprint density at radius 1 is 1.00 bits per heavy atom. The summed E-state index contributed by atoms with van der Waals surface area (Å²) in [5.41, 5.74) is 6.08. The molecule has 3 aromatic carbocycles. The Morgan fingerprint density at radius 2 is 1.77 bits per heavy atom. The summed E-state index contributed by atoms with van der Waals surface area (Å²) in [6, 6.07) is 18.8. The predicted molar refractivity (Wildman–Crippen MR) is 124 cm³/mol. The van der Waals surface area contributed by atoms with E-state index in [1.807, 2.05) is 31.5 Å². The van der Waals surface area contributed by atoms with Gasteiger partial charge in [0.2, 0.25) is 5.72 Å². The zero-order chi connectivity index (χ0) is 21.4. The number of ether oxygens (including phenoxy) is 1. The van der Waals surface area contributed by atoms with E-state index < -0.39 is 5.72 Å². The van der Waals surface area contributed by atoms with Gasteiger partial charge in [0.25, 0.3) is 0 Å². The van der Waals surface area contributed by atoms with Crippen LogP contribution >= 0.6 is 0 Å². The van der Waals surface area contributed by atoms with E-state index >= 15 is 0 Å². The normalized spacial score (nSPS) is 22.6. The summed E-state index contributed by atoms with van der Waals surface area (Å²) in [6.07, 6.45) is 3.79. The molecule has 3 heterocycles. The van der Waals surface area contributed by atoms with Gasteiger partial charge in [-0.05, 0) is 43.9 Å². The Balaban J connectivity index is 1.57. The topological polar surface area (TPSA) is 49.3 Å². The molecule has 6 rings (SSSR count). The van der Waals surface area contributed by atoms with Gasteiger partial charge in [0.05, 0.1) is 17.8 Å². The van der Waals surface area contributed by atoms with Crippen LogP contribution in [0, 0.1) is 0 Å². The van der Waals surface area contributed by atoms with Gasteiger partial charge in [-0.1, -0.05) is 42.5 Å². The third-order valence-electron chi connectivity index (χ3n) is 6.75. The molecule has 0 saturated heterocycles. The summed E-state index contributed by atoms with van der Waals surface area (Å²) in [5.74, 6) is 1.48. The van der Waals surface area contributed by atoms with Crippen LogP contribution in [0.2, 0.25) is 0 Å². The molecule has 0 aliphatic carbocycles. The number of para-hydroxylation sites is 1. The lowest BCUT2D eigenvalue weighted by molar-refractivity contribution is 0.0807. The monoisotopic (exact) mass is 412 g/mol. The number of aliphatic imine (C=N–C) groups is 1. The lowest BCUT2D eigenvalue weighted by atomic mass is 9.77. The van der Waals surface area contributed by atoms with Crippen LogP contribution in [0.3, 0.4) is 0 Å². The molecule has 1 spiro atoms. The van der Waals surface area contributed by atoms with Crippen LogP contribution in [0.5, 0.6) is 5.75 Å². The molecule has 0 fully saturated rings. The minimum atomic E-state index is -0.761. The molecule has 1 atom stereocenters. The fourth-order valence-corrected chi connectivity index (χ4v) is 5.00. The summed E-state index contributed by atoms with van der Waals surface area (Å²) in [6.45, 7) is 6.33. The Labute approximate surface area is 181 Å². The number of likely N-dealkylation sites (N-methyl/N-ethyl adjacent to an activating group) is 1. The Morgan fingerprint density at radius 3 is 2.55 bits per heavy atom. The number of allylic oxidation sites excluding steroid dienone is 1. The molecular formula is C25H24N4O2. The third kappa shape index (κ3) is 2.24. The van der Waals surface area contributed by atoms with Crippen LogP contribution < -0.4 is 20.2 Å². The fourth-order valence-electron chi connectivity index (χ4n) is 5.00. The Hall–Kier alpha value is -3.67. The number of hydrazine groups is 1. The predicted octanol–water partition coefficient (Wildman–Crippen LogP) is 5.18. The molecule has 3 aliphatic heterocycles. The maximum Gasteiger partial charge on any atom is 0.228 e. The summed E-state index contributed by atoms with van der Waals surface area (Å²) < 4.78 is 6.97. The highest BCUT2D eigenvalue weighted by Crippen LogP contribution is 2.56. The molecule has 0 amide bonds. The molecule has 3 aromatic rings. The van der Waals surface area contributed by atoms with Gasteiger partial charge >= 0.3 is 0 Å². The highest BCUT2D eigenvalue weighted by atomic mass is 16.7. The summed E-state index contributed by atoms with van der Waals surface area (Å²) in [4.78, 5) is 13.1. The molecule has 0 bridgehead atoms. The standard InChI is InChI=1S/C25H24N4O2/c1-16-14-27-29(31-16)21-13-17-9-5-6-10-18(17)22-23(21)30-25(15-26-22)24(2,3)19-11-7-8-12-20(19)28(25)4/h5-15,27H,1-4H3. The average molecular weight is 412 g/mol. The second kappa shape index (κ2) is 5.94. The van der Waals surface area contributed by atoms with Crippen LogP contribution in [0.4, 0.5) is 17.1 Å². The van der Waals surface area contributed by atoms with E-state index in [9.17, 15) is 0 Å². The second-order valence-corrected chi connectivity index (χ2v) is 8.82. The zero-order valence-electron chi connectivity index (χ0n) is 18.0. The van der Waals surface area contributed by atoms with Crippen LogP contribution in [-0.4, -0.2) is 19.0 Å². The molecule has 0 aromatic heterocycles. The maximum absolute atomic E-state index is 6.97. The Kier molecular flexibility index (Phi) is 3.47. The van der Waals surface area contributed by atoms with Gasteiger partial charge in [0.1, 0.15) is 17.1 Å². The van der Waals surface area contributed by atoms with Crippen LogP contribution in [0.1, 0.15) is 26.3 Å². The first-order valence-corrected chi connectivity index (χ1v) is 10.5. The van der Waals surface area contributed by atoms with Crippen LogP contribution in [-0.2, 0) is 10.3 Å². The molecule has 0 radical (unpaired) electrons. The van der Waals surface area contributed by atoms with E-state index in [1.165, 1.54) is 5.56 Å². The number of nitrogens with one attached hydrogen (secondary N) is 1.